The SMILES string of the molecule is CCNC(=NCC(=O)Nc1ccc(F)c(F)c1F)NC1CC=CC1. The number of guanidine groups is 1. The fourth-order valence-electron chi connectivity index (χ4n) is 2.21. The van der Waals surface area contributed by atoms with Gasteiger partial charge in [-0.2, -0.15) is 0 Å². The number of anilines is 1. The number of carbonyl (C=O) groups excluding carboxylic acids is 1. The number of carbonyl (C=O) groups is 1. The fraction of sp³-hybridized carbons (Fsp3) is 0.375. The van der Waals surface area contributed by atoms with Gasteiger partial charge < -0.3 is 16.0 Å². The number of benzene rings is 1. The average molecular weight is 340 g/mol. The molecule has 5 nitrogen and oxygen atoms in total. The van der Waals surface area contributed by atoms with E-state index in [9.17, 15) is 18.0 Å². The van der Waals surface area contributed by atoms with Gasteiger partial charge in [-0.1, -0.05) is 12.2 Å². The van der Waals surface area contributed by atoms with Crippen LogP contribution in [-0.4, -0.2) is 31.0 Å². The Bertz CT molecular complexity index is 653. The lowest BCUT2D eigenvalue weighted by molar-refractivity contribution is -0.114. The molecule has 1 aromatic carbocycles. The summed E-state index contributed by atoms with van der Waals surface area (Å²) >= 11 is 0. The Labute approximate surface area is 138 Å². The average Bonchev–Trinajstić information content (AvgIpc) is 3.06. The molecule has 24 heavy (non-hydrogen) atoms. The van der Waals surface area contributed by atoms with E-state index in [1.165, 1.54) is 0 Å². The molecule has 0 fully saturated rings. The molecule has 8 heteroatoms. The third-order valence-corrected chi connectivity index (χ3v) is 3.38. The molecule has 130 valence electrons. The van der Waals surface area contributed by atoms with E-state index in [4.69, 9.17) is 0 Å². The summed E-state index contributed by atoms with van der Waals surface area (Å²) < 4.78 is 39.5. The highest BCUT2D eigenvalue weighted by molar-refractivity contribution is 5.94. The lowest BCUT2D eigenvalue weighted by Crippen LogP contribution is -2.43. The van der Waals surface area contributed by atoms with E-state index in [2.05, 4.69) is 33.1 Å². The zero-order chi connectivity index (χ0) is 17.5. The van der Waals surface area contributed by atoms with Gasteiger partial charge in [-0.25, -0.2) is 18.2 Å². The molecule has 0 atom stereocenters. The molecule has 0 spiro atoms. The van der Waals surface area contributed by atoms with Crippen molar-refractivity contribution in [1.82, 2.24) is 10.6 Å². The number of hydrogen-bond acceptors (Lipinski definition) is 2. The van der Waals surface area contributed by atoms with Gasteiger partial charge in [0.05, 0.1) is 5.69 Å². The molecule has 0 saturated heterocycles. The Morgan fingerprint density at radius 3 is 2.58 bits per heavy atom. The lowest BCUT2D eigenvalue weighted by Gasteiger charge is -2.16. The Balaban J connectivity index is 1.95. The van der Waals surface area contributed by atoms with E-state index >= 15 is 0 Å². The fourth-order valence-corrected chi connectivity index (χ4v) is 2.21. The minimum absolute atomic E-state index is 0.217. The molecule has 1 aliphatic carbocycles. The molecule has 0 unspecified atom stereocenters. The van der Waals surface area contributed by atoms with E-state index < -0.39 is 29.0 Å². The first-order chi connectivity index (χ1) is 11.5. The van der Waals surface area contributed by atoms with E-state index in [1.54, 1.807) is 0 Å². The Morgan fingerprint density at radius 1 is 1.21 bits per heavy atom. The van der Waals surface area contributed by atoms with Crippen molar-refractivity contribution in [2.45, 2.75) is 25.8 Å². The topological polar surface area (TPSA) is 65.5 Å². The van der Waals surface area contributed by atoms with Crippen LogP contribution >= 0.6 is 0 Å². The quantitative estimate of drug-likeness (QED) is 0.334. The molecule has 1 aromatic rings. The van der Waals surface area contributed by atoms with Gasteiger partial charge >= 0.3 is 0 Å². The van der Waals surface area contributed by atoms with E-state index in [0.717, 1.165) is 25.0 Å². The van der Waals surface area contributed by atoms with Crippen LogP contribution in [0.5, 0.6) is 0 Å². The first-order valence-electron chi connectivity index (χ1n) is 7.64. The van der Waals surface area contributed by atoms with Gasteiger partial charge in [-0.15, -0.1) is 0 Å². The van der Waals surface area contributed by atoms with Crippen molar-refractivity contribution < 1.29 is 18.0 Å². The molecule has 0 radical (unpaired) electrons. The largest absolute Gasteiger partial charge is 0.357 e. The number of aliphatic imine (C=N–C) groups is 1. The second-order valence-electron chi connectivity index (χ2n) is 5.25. The van der Waals surface area contributed by atoms with Gasteiger partial charge in [0.1, 0.15) is 6.54 Å². The van der Waals surface area contributed by atoms with Gasteiger partial charge in [0.15, 0.2) is 23.4 Å². The van der Waals surface area contributed by atoms with Gasteiger partial charge in [0.2, 0.25) is 5.91 Å². The predicted octanol–water partition coefficient (Wildman–Crippen LogP) is 2.32. The van der Waals surface area contributed by atoms with E-state index in [0.29, 0.717) is 12.5 Å². The number of rotatable bonds is 5. The van der Waals surface area contributed by atoms with Crippen LogP contribution in [0.25, 0.3) is 0 Å². The molecule has 0 aromatic heterocycles. The van der Waals surface area contributed by atoms with Crippen LogP contribution in [0.2, 0.25) is 0 Å². The number of amides is 1. The van der Waals surface area contributed by atoms with Crippen LogP contribution in [-0.2, 0) is 4.79 Å². The molecular formula is C16H19F3N4O. The maximum absolute atomic E-state index is 13.5. The molecule has 2 rings (SSSR count). The summed E-state index contributed by atoms with van der Waals surface area (Å²) in [6.45, 7) is 2.22. The number of hydrogen-bond donors (Lipinski definition) is 3. The van der Waals surface area contributed by atoms with Gasteiger partial charge in [-0.05, 0) is 31.9 Å². The zero-order valence-electron chi connectivity index (χ0n) is 13.2. The zero-order valence-corrected chi connectivity index (χ0v) is 13.2. The first-order valence-corrected chi connectivity index (χ1v) is 7.64. The second kappa shape index (κ2) is 8.37. The summed E-state index contributed by atoms with van der Waals surface area (Å²) in [6, 6.07) is 1.92. The van der Waals surface area contributed by atoms with Crippen LogP contribution in [0.1, 0.15) is 19.8 Å². The van der Waals surface area contributed by atoms with Gasteiger partial charge in [0, 0.05) is 12.6 Å². The normalized spacial score (nSPS) is 14.8. The molecule has 0 saturated carbocycles. The van der Waals surface area contributed by atoms with Crippen molar-refractivity contribution in [2.75, 3.05) is 18.4 Å². The van der Waals surface area contributed by atoms with Crippen LogP contribution in [0.3, 0.4) is 0 Å². The standard InChI is InChI=1S/C16H19F3N4O/c1-2-20-16(22-10-5-3-4-6-10)21-9-13(24)23-12-8-7-11(17)14(18)15(12)19/h3-4,7-8,10H,2,5-6,9H2,1H3,(H,23,24)(H2,20,21,22). The Hall–Kier alpha value is -2.51. The number of halogens is 3. The maximum Gasteiger partial charge on any atom is 0.246 e. The first kappa shape index (κ1) is 17.8. The molecule has 0 aliphatic heterocycles. The van der Waals surface area contributed by atoms with Crippen LogP contribution in [0.4, 0.5) is 18.9 Å². The summed E-state index contributed by atoms with van der Waals surface area (Å²) in [5, 5.41) is 8.35. The molecule has 0 heterocycles. The molecule has 1 amide bonds. The van der Waals surface area contributed by atoms with Gasteiger partial charge in [-0.3, -0.25) is 4.79 Å². The predicted molar refractivity (Wildman–Crippen MR) is 86.2 cm³/mol. The van der Waals surface area contributed by atoms with Crippen LogP contribution < -0.4 is 16.0 Å². The van der Waals surface area contributed by atoms with Crippen molar-refractivity contribution in [3.63, 3.8) is 0 Å². The third kappa shape index (κ3) is 4.74. The van der Waals surface area contributed by atoms with Crippen molar-refractivity contribution in [3.8, 4) is 0 Å². The summed E-state index contributed by atoms with van der Waals surface area (Å²) in [6.07, 6.45) is 5.85. The summed E-state index contributed by atoms with van der Waals surface area (Å²) in [5.41, 5.74) is -0.424. The highest BCUT2D eigenvalue weighted by atomic mass is 19.2. The Morgan fingerprint density at radius 2 is 1.92 bits per heavy atom. The molecular weight excluding hydrogens is 321 g/mol. The van der Waals surface area contributed by atoms with Crippen molar-refractivity contribution >= 4 is 17.6 Å². The monoisotopic (exact) mass is 340 g/mol. The smallest absolute Gasteiger partial charge is 0.246 e. The van der Waals surface area contributed by atoms with Gasteiger partial charge in [0.25, 0.3) is 0 Å². The Kier molecular flexibility index (Phi) is 6.22. The van der Waals surface area contributed by atoms with Crippen molar-refractivity contribution in [3.05, 3.63) is 41.7 Å². The third-order valence-electron chi connectivity index (χ3n) is 3.38. The molecule has 1 aliphatic rings. The molecule has 0 bridgehead atoms. The summed E-state index contributed by atoms with van der Waals surface area (Å²) in [7, 11) is 0. The van der Waals surface area contributed by atoms with Crippen LogP contribution in [0.15, 0.2) is 29.3 Å². The minimum atomic E-state index is -1.62. The van der Waals surface area contributed by atoms with Crippen molar-refractivity contribution in [1.29, 1.82) is 0 Å². The minimum Gasteiger partial charge on any atom is -0.357 e. The number of nitrogens with one attached hydrogen (secondary N) is 3. The summed E-state index contributed by atoms with van der Waals surface area (Å²) in [4.78, 5) is 15.9. The second-order valence-corrected chi connectivity index (χ2v) is 5.25. The summed E-state index contributed by atoms with van der Waals surface area (Å²) in [5.74, 6) is -4.55. The highest BCUT2D eigenvalue weighted by Crippen LogP contribution is 2.19. The number of nitrogens with zero attached hydrogens (tertiary/aromatic N) is 1. The molecule has 3 N–H and O–H groups in total. The van der Waals surface area contributed by atoms with E-state index in [-0.39, 0.29) is 12.6 Å². The van der Waals surface area contributed by atoms with Crippen LogP contribution in [0, 0.1) is 17.5 Å². The van der Waals surface area contributed by atoms with E-state index in [1.807, 2.05) is 6.92 Å². The van der Waals surface area contributed by atoms with Crippen molar-refractivity contribution in [2.24, 2.45) is 4.99 Å². The highest BCUT2D eigenvalue weighted by Gasteiger charge is 2.15. The maximum atomic E-state index is 13.5. The lowest BCUT2D eigenvalue weighted by atomic mass is 10.2.